The second-order valence-corrected chi connectivity index (χ2v) is 20.3. The molecule has 1 amide bonds. The molecule has 3 unspecified atom stereocenters. The molecule has 0 spiro atoms. The molecule has 0 aliphatic rings. The van der Waals surface area contributed by atoms with Crippen LogP contribution in [-0.4, -0.2) is 68.5 Å². The summed E-state index contributed by atoms with van der Waals surface area (Å²) in [5.74, 6) is -0.211. The minimum Gasteiger partial charge on any atom is -0.756 e. The van der Waals surface area contributed by atoms with E-state index in [1.165, 1.54) is 173 Å². The van der Waals surface area contributed by atoms with Crippen LogP contribution in [0, 0.1) is 0 Å². The van der Waals surface area contributed by atoms with Crippen molar-refractivity contribution in [3.05, 3.63) is 36.5 Å². The van der Waals surface area contributed by atoms with Gasteiger partial charge >= 0.3 is 0 Å². The molecule has 0 aromatic heterocycles. The Labute approximate surface area is 378 Å². The van der Waals surface area contributed by atoms with Crippen LogP contribution in [-0.2, 0) is 18.4 Å². The monoisotopic (exact) mass is 881 g/mol. The van der Waals surface area contributed by atoms with Crippen LogP contribution in [0.15, 0.2) is 36.5 Å². The van der Waals surface area contributed by atoms with Crippen LogP contribution in [0.25, 0.3) is 0 Å². The van der Waals surface area contributed by atoms with Gasteiger partial charge < -0.3 is 28.8 Å². The summed E-state index contributed by atoms with van der Waals surface area (Å²) < 4.78 is 23.2. The predicted octanol–water partition coefficient (Wildman–Crippen LogP) is 14.4. The molecule has 0 aromatic carbocycles. The first-order valence-corrected chi connectivity index (χ1v) is 27.3. The van der Waals surface area contributed by atoms with Gasteiger partial charge in [0.05, 0.1) is 39.9 Å². The number of quaternary nitrogens is 1. The van der Waals surface area contributed by atoms with Crippen molar-refractivity contribution in [3.8, 4) is 0 Å². The van der Waals surface area contributed by atoms with Gasteiger partial charge in [-0.3, -0.25) is 9.36 Å². The van der Waals surface area contributed by atoms with Crippen LogP contribution in [0.3, 0.4) is 0 Å². The molecular weight excluding hydrogens is 780 g/mol. The number of aliphatic hydroxyl groups excluding tert-OH is 1. The Kier molecular flexibility index (Phi) is 43.0. The molecule has 0 aliphatic carbocycles. The molecule has 0 aliphatic heterocycles. The molecule has 0 fully saturated rings. The normalized spacial score (nSPS) is 14.4. The number of hydrogen-bond acceptors (Lipinski definition) is 6. The standard InChI is InChI=1S/C52H101N2O6P/c1-6-8-10-12-14-16-18-20-21-22-23-24-25-26-27-28-29-30-31-32-33-34-35-37-39-41-43-45-51(55)50(49-60-61(57,58)59-48-47-54(3,4)5)53-52(56)46-44-42-40-38-36-19-17-15-13-11-9-7-2/h31-32,35,37,43,45,50-51,55H,6-30,33-34,36,38-42,44,46-49H2,1-5H3,(H-,53,56,57,58)/b32-31+,37-35+,45-43+. The van der Waals surface area contributed by atoms with Crippen molar-refractivity contribution in [3.63, 3.8) is 0 Å². The maximum absolute atomic E-state index is 12.8. The number of amides is 1. The summed E-state index contributed by atoms with van der Waals surface area (Å²) in [5.41, 5.74) is 0. The van der Waals surface area contributed by atoms with E-state index in [2.05, 4.69) is 43.5 Å². The highest BCUT2D eigenvalue weighted by molar-refractivity contribution is 7.45. The molecule has 2 N–H and O–H groups in total. The van der Waals surface area contributed by atoms with Gasteiger partial charge in [0.25, 0.3) is 7.82 Å². The van der Waals surface area contributed by atoms with Crippen molar-refractivity contribution in [1.82, 2.24) is 5.32 Å². The number of likely N-dealkylation sites (N-methyl/N-ethyl adjacent to an activating group) is 1. The molecule has 0 saturated heterocycles. The summed E-state index contributed by atoms with van der Waals surface area (Å²) in [6, 6.07) is -0.906. The van der Waals surface area contributed by atoms with Gasteiger partial charge in [0, 0.05) is 6.42 Å². The van der Waals surface area contributed by atoms with E-state index >= 15 is 0 Å². The molecule has 360 valence electrons. The third kappa shape index (κ3) is 46.5. The predicted molar refractivity (Wildman–Crippen MR) is 261 cm³/mol. The molecule has 61 heavy (non-hydrogen) atoms. The highest BCUT2D eigenvalue weighted by atomic mass is 31.2. The van der Waals surface area contributed by atoms with Crippen LogP contribution in [0.2, 0.25) is 0 Å². The SMILES string of the molecule is CCCCCCCCCCCCCCCCCCC/C=C/CC/C=C/CC/C=C/C(O)C(COP(=O)([O-])OCC[N+](C)(C)C)NC(=O)CCCCCCCCCCCCCC. The van der Waals surface area contributed by atoms with Crippen LogP contribution in [0.5, 0.6) is 0 Å². The summed E-state index contributed by atoms with van der Waals surface area (Å²) in [6.07, 6.45) is 55.1. The highest BCUT2D eigenvalue weighted by Gasteiger charge is 2.23. The second-order valence-electron chi connectivity index (χ2n) is 18.9. The molecule has 0 aromatic rings. The summed E-state index contributed by atoms with van der Waals surface area (Å²) in [5, 5.41) is 13.8. The second kappa shape index (κ2) is 43.9. The van der Waals surface area contributed by atoms with Gasteiger partial charge in [0.1, 0.15) is 13.2 Å². The van der Waals surface area contributed by atoms with Gasteiger partial charge in [0.2, 0.25) is 5.91 Å². The highest BCUT2D eigenvalue weighted by Crippen LogP contribution is 2.38. The van der Waals surface area contributed by atoms with Gasteiger partial charge in [-0.05, 0) is 44.9 Å². The quantitative estimate of drug-likeness (QED) is 0.0273. The minimum absolute atomic E-state index is 0.00780. The van der Waals surface area contributed by atoms with Crippen molar-refractivity contribution >= 4 is 13.7 Å². The number of carbonyl (C=O) groups is 1. The largest absolute Gasteiger partial charge is 0.756 e. The summed E-state index contributed by atoms with van der Waals surface area (Å²) in [6.45, 7) is 4.63. The molecule has 0 saturated carbocycles. The summed E-state index contributed by atoms with van der Waals surface area (Å²) in [4.78, 5) is 25.3. The van der Waals surface area contributed by atoms with Crippen molar-refractivity contribution in [2.75, 3.05) is 40.9 Å². The smallest absolute Gasteiger partial charge is 0.268 e. The number of rotatable bonds is 47. The van der Waals surface area contributed by atoms with E-state index in [1.807, 2.05) is 27.2 Å². The Morgan fingerprint density at radius 2 is 0.918 bits per heavy atom. The van der Waals surface area contributed by atoms with Gasteiger partial charge in [-0.15, -0.1) is 0 Å². The number of hydrogen-bond donors (Lipinski definition) is 2. The van der Waals surface area contributed by atoms with Gasteiger partial charge in [-0.1, -0.05) is 224 Å². The number of phosphoric ester groups is 1. The topological polar surface area (TPSA) is 108 Å². The first kappa shape index (κ1) is 59.7. The molecule has 9 heteroatoms. The van der Waals surface area contributed by atoms with E-state index in [9.17, 15) is 19.4 Å². The third-order valence-corrected chi connectivity index (χ3v) is 12.5. The Morgan fingerprint density at radius 1 is 0.557 bits per heavy atom. The maximum Gasteiger partial charge on any atom is 0.268 e. The number of nitrogens with one attached hydrogen (secondary N) is 1. The van der Waals surface area contributed by atoms with Crippen LogP contribution in [0.1, 0.15) is 239 Å². The van der Waals surface area contributed by atoms with Crippen LogP contribution >= 0.6 is 7.82 Å². The van der Waals surface area contributed by atoms with E-state index in [0.29, 0.717) is 17.4 Å². The fourth-order valence-electron chi connectivity index (χ4n) is 7.48. The van der Waals surface area contributed by atoms with Gasteiger partial charge in [-0.2, -0.15) is 0 Å². The molecule has 0 rings (SSSR count). The third-order valence-electron chi connectivity index (χ3n) is 11.6. The van der Waals surface area contributed by atoms with E-state index in [1.54, 1.807) is 6.08 Å². The number of phosphoric acid groups is 1. The molecule has 0 heterocycles. The number of nitrogens with zero attached hydrogens (tertiary/aromatic N) is 1. The maximum atomic E-state index is 12.8. The zero-order valence-electron chi connectivity index (χ0n) is 40.9. The summed E-state index contributed by atoms with van der Waals surface area (Å²) in [7, 11) is 1.24. The Hall–Kier alpha value is -1.28. The first-order valence-electron chi connectivity index (χ1n) is 25.9. The summed E-state index contributed by atoms with van der Waals surface area (Å²) >= 11 is 0. The number of unbranched alkanes of at least 4 members (excludes halogenated alkanes) is 30. The molecular formula is C52H101N2O6P. The Morgan fingerprint density at radius 3 is 1.33 bits per heavy atom. The first-order chi connectivity index (χ1) is 29.5. The zero-order chi connectivity index (χ0) is 45.0. The fraction of sp³-hybridized carbons (Fsp3) is 0.865. The number of aliphatic hydroxyl groups is 1. The number of allylic oxidation sites excluding steroid dienone is 5. The zero-order valence-corrected chi connectivity index (χ0v) is 41.8. The van der Waals surface area contributed by atoms with Gasteiger partial charge in [0.15, 0.2) is 0 Å². The van der Waals surface area contributed by atoms with Crippen LogP contribution < -0.4 is 10.2 Å². The lowest BCUT2D eigenvalue weighted by atomic mass is 10.0. The van der Waals surface area contributed by atoms with Crippen molar-refractivity contribution in [2.24, 2.45) is 0 Å². The Bertz CT molecular complexity index is 1090. The van der Waals surface area contributed by atoms with Crippen molar-refractivity contribution in [1.29, 1.82) is 0 Å². The van der Waals surface area contributed by atoms with E-state index < -0.39 is 26.6 Å². The van der Waals surface area contributed by atoms with E-state index in [4.69, 9.17) is 9.05 Å². The lowest BCUT2D eigenvalue weighted by Gasteiger charge is -2.29. The van der Waals surface area contributed by atoms with Gasteiger partial charge in [-0.25, -0.2) is 0 Å². The minimum atomic E-state index is -4.60. The fourth-order valence-corrected chi connectivity index (χ4v) is 8.20. The lowest BCUT2D eigenvalue weighted by molar-refractivity contribution is -0.870. The lowest BCUT2D eigenvalue weighted by Crippen LogP contribution is -2.45. The number of carbonyl (C=O) groups excluding carboxylic acids is 1. The average molecular weight is 881 g/mol. The van der Waals surface area contributed by atoms with E-state index in [0.717, 1.165) is 44.9 Å². The molecule has 3 atom stereocenters. The van der Waals surface area contributed by atoms with Crippen molar-refractivity contribution in [2.45, 2.75) is 251 Å². The molecule has 0 bridgehead atoms. The average Bonchev–Trinajstić information content (AvgIpc) is 3.21. The van der Waals surface area contributed by atoms with Crippen molar-refractivity contribution < 1.29 is 32.9 Å². The Balaban J connectivity index is 4.27. The molecule has 0 radical (unpaired) electrons. The van der Waals surface area contributed by atoms with Crippen LogP contribution in [0.4, 0.5) is 0 Å². The van der Waals surface area contributed by atoms with E-state index in [-0.39, 0.29) is 12.5 Å². The molecule has 8 nitrogen and oxygen atoms in total.